The average molecular weight is 1150 g/mol. The Morgan fingerprint density at radius 3 is 0.768 bits per heavy atom. The minimum absolute atomic E-state index is 0.340. The molecule has 0 unspecified atom stereocenters. The van der Waals surface area contributed by atoms with Crippen molar-refractivity contribution in [2.75, 3.05) is 0 Å². The first-order valence-corrected chi connectivity index (χ1v) is 37.8. The number of hydrogen-bond donors (Lipinski definition) is 3. The Morgan fingerprint density at radius 2 is 0.476 bits per heavy atom. The van der Waals surface area contributed by atoms with Crippen LogP contribution in [0.3, 0.4) is 0 Å². The van der Waals surface area contributed by atoms with Crippen molar-refractivity contribution >= 4 is 13.2 Å². The minimum atomic E-state index is -4.91. The van der Waals surface area contributed by atoms with Gasteiger partial charge >= 0.3 is 412 Å². The van der Waals surface area contributed by atoms with Gasteiger partial charge in [0, 0.05) is 0 Å². The van der Waals surface area contributed by atoms with Gasteiger partial charge in [0.1, 0.15) is 0 Å². The molecule has 3 nitrogen and oxygen atoms in total. The summed E-state index contributed by atoms with van der Waals surface area (Å²) < 4.78 is 0. The van der Waals surface area contributed by atoms with Crippen molar-refractivity contribution in [1.82, 2.24) is 0 Å². The van der Waals surface area contributed by atoms with E-state index in [-0.39, 0.29) is 0 Å². The predicted octanol–water partition coefficient (Wildman–Crippen LogP) is 24.5. The van der Waals surface area contributed by atoms with Crippen LogP contribution in [0.15, 0.2) is 66.7 Å². The number of unbranched alkanes of at least 4 members (excludes halogenated alkanes) is 36. The Hall–Kier alpha value is -2.81. The van der Waals surface area contributed by atoms with Crippen molar-refractivity contribution in [3.8, 4) is 33.4 Å². The number of hydrogen-bond acceptors (Lipinski definition) is 3. The van der Waals surface area contributed by atoms with Crippen LogP contribution in [0.2, 0.25) is 0 Å². The molecule has 0 radical (unpaired) electrons. The van der Waals surface area contributed by atoms with Crippen LogP contribution in [0.1, 0.15) is 345 Å². The van der Waals surface area contributed by atoms with Crippen molar-refractivity contribution in [2.45, 2.75) is 350 Å². The standard InChI is InChI=1S/C78H129O3P/c1-7-13-19-25-31-37-43-52-66-55-49-61-72(69(66)58-46-40-34-28-22-16-10-4)75-64-65-76(82(79,80)81)78(74-63-51-57-68(54-45-39-33-27-21-15-9-3)71(74)60-48-42-36-30-24-18-12-6)77(75)73-62-50-56-67(53-44-38-32-26-20-14-8-2)70(73)59-47-41-35-29-23-17-11-5/h49-51,55-57,61-65,79-82H,7-48,52-54,58-60H2,1-6H3. The molecule has 0 amide bonds. The van der Waals surface area contributed by atoms with Gasteiger partial charge in [-0.25, -0.2) is 0 Å². The first kappa shape index (κ1) is 71.7. The molecule has 3 N–H and O–H groups in total. The van der Waals surface area contributed by atoms with Crippen molar-refractivity contribution in [2.24, 2.45) is 0 Å². The Morgan fingerprint density at radius 1 is 0.232 bits per heavy atom. The number of aryl methyl sites for hydroxylation is 3. The molecule has 0 saturated carbocycles. The molecule has 464 valence electrons. The molecule has 4 aromatic carbocycles. The summed E-state index contributed by atoms with van der Waals surface area (Å²) in [5.41, 5.74) is 15.5. The Kier molecular flexibility index (Phi) is 39.8. The molecule has 0 aliphatic heterocycles. The van der Waals surface area contributed by atoms with Gasteiger partial charge in [0.15, 0.2) is 0 Å². The van der Waals surface area contributed by atoms with Gasteiger partial charge in [0.25, 0.3) is 0 Å². The monoisotopic (exact) mass is 1140 g/mol. The van der Waals surface area contributed by atoms with Crippen LogP contribution in [0, 0.1) is 0 Å². The molecule has 0 bridgehead atoms. The van der Waals surface area contributed by atoms with Gasteiger partial charge in [-0.05, 0) is 0 Å². The normalized spacial score (nSPS) is 12.1. The molecule has 0 fully saturated rings. The summed E-state index contributed by atoms with van der Waals surface area (Å²) in [7, 11) is -4.91. The molecule has 0 saturated heterocycles. The summed E-state index contributed by atoms with van der Waals surface area (Å²) in [6, 6.07) is 25.5. The van der Waals surface area contributed by atoms with Crippen molar-refractivity contribution in [3.05, 3.63) is 100 Å². The molecule has 0 aliphatic rings. The molecule has 0 aliphatic carbocycles. The van der Waals surface area contributed by atoms with E-state index in [0.717, 1.165) is 74.5 Å². The van der Waals surface area contributed by atoms with E-state index < -0.39 is 7.94 Å². The third-order valence-corrected chi connectivity index (χ3v) is 19.6. The van der Waals surface area contributed by atoms with Crippen molar-refractivity contribution in [3.63, 3.8) is 0 Å². The summed E-state index contributed by atoms with van der Waals surface area (Å²) >= 11 is 0. The van der Waals surface area contributed by atoms with Crippen LogP contribution >= 0.6 is 7.94 Å². The zero-order valence-electron chi connectivity index (χ0n) is 54.6. The average Bonchev–Trinajstić information content (AvgIpc) is 3.67. The van der Waals surface area contributed by atoms with Gasteiger partial charge in [-0.2, -0.15) is 0 Å². The van der Waals surface area contributed by atoms with E-state index >= 15 is 0 Å². The summed E-state index contributed by atoms with van der Waals surface area (Å²) in [5.74, 6) is 0. The molecule has 4 rings (SSSR count). The van der Waals surface area contributed by atoms with Gasteiger partial charge in [-0.3, -0.25) is 0 Å². The number of benzene rings is 4. The molecule has 82 heavy (non-hydrogen) atoms. The molecule has 0 aromatic heterocycles. The summed E-state index contributed by atoms with van der Waals surface area (Å²) in [4.78, 5) is 36.2. The topological polar surface area (TPSA) is 60.7 Å². The van der Waals surface area contributed by atoms with Gasteiger partial charge < -0.3 is 0 Å². The summed E-state index contributed by atoms with van der Waals surface area (Å²) in [5, 5.41) is 0.340. The second-order valence-corrected chi connectivity index (χ2v) is 27.4. The Labute approximate surface area is 508 Å². The molecule has 4 heteroatoms. The smallest absolute Gasteiger partial charge is 0.0654 e. The maximum absolute atomic E-state index is 12.1. The fourth-order valence-corrected chi connectivity index (χ4v) is 14.4. The van der Waals surface area contributed by atoms with E-state index in [2.05, 4.69) is 102 Å². The summed E-state index contributed by atoms with van der Waals surface area (Å²) in [6.45, 7) is 13.9. The zero-order valence-corrected chi connectivity index (χ0v) is 55.6. The SMILES string of the molecule is CCCCCCCCCc1cccc(-c2ccc([PH](O)(O)O)c(-c3cccc(CCCCCCCCC)c3CCCCCCCCC)c2-c2cccc(CCCCCCCCC)c2CCCCCCCCC)c1CCCCCCCCC. The van der Waals surface area contributed by atoms with E-state index in [1.165, 1.54) is 300 Å². The van der Waals surface area contributed by atoms with E-state index in [0.29, 0.717) is 5.30 Å². The molecular weight excluding hydrogens is 1020 g/mol. The first-order chi connectivity index (χ1) is 40.2. The van der Waals surface area contributed by atoms with Gasteiger partial charge in [0.05, 0.1) is 0 Å². The second-order valence-electron chi connectivity index (χ2n) is 25.6. The van der Waals surface area contributed by atoms with E-state index in [9.17, 15) is 14.7 Å². The van der Waals surface area contributed by atoms with Crippen molar-refractivity contribution in [1.29, 1.82) is 0 Å². The van der Waals surface area contributed by atoms with Crippen LogP contribution in [0.5, 0.6) is 0 Å². The minimum Gasteiger partial charge on any atom is -0.0654 e. The quantitative estimate of drug-likeness (QED) is 0.0305. The fourth-order valence-electron chi connectivity index (χ4n) is 13.5. The predicted molar refractivity (Wildman–Crippen MR) is 368 cm³/mol. The van der Waals surface area contributed by atoms with Gasteiger partial charge in [-0.1, -0.05) is 99.3 Å². The van der Waals surface area contributed by atoms with E-state index in [1.807, 2.05) is 6.07 Å². The molecular formula is C78H129O3P. The van der Waals surface area contributed by atoms with Crippen molar-refractivity contribution < 1.29 is 14.7 Å². The van der Waals surface area contributed by atoms with Crippen LogP contribution in [0.4, 0.5) is 0 Å². The first-order valence-electron chi connectivity index (χ1n) is 35.9. The summed E-state index contributed by atoms with van der Waals surface area (Å²) in [6.07, 6.45) is 59.8. The zero-order chi connectivity index (χ0) is 58.7. The fraction of sp³-hybridized carbons (Fsp3) is 0.692. The van der Waals surface area contributed by atoms with E-state index in [1.54, 1.807) is 0 Å². The molecule has 0 atom stereocenters. The van der Waals surface area contributed by atoms with Crippen LogP contribution in [0.25, 0.3) is 33.4 Å². The Balaban J connectivity index is 2.07. The van der Waals surface area contributed by atoms with Crippen LogP contribution in [-0.2, 0) is 38.5 Å². The second kappa shape index (κ2) is 45.5. The molecule has 0 heterocycles. The Bertz CT molecular complexity index is 2220. The van der Waals surface area contributed by atoms with Crippen LogP contribution in [-0.4, -0.2) is 14.7 Å². The molecule has 4 aromatic rings. The third kappa shape index (κ3) is 27.3. The molecule has 0 spiro atoms. The third-order valence-electron chi connectivity index (χ3n) is 18.5. The number of rotatable bonds is 52. The maximum atomic E-state index is 12.1. The van der Waals surface area contributed by atoms with Gasteiger partial charge in [-0.15, -0.1) is 0 Å². The van der Waals surface area contributed by atoms with Gasteiger partial charge in [0.2, 0.25) is 0 Å². The van der Waals surface area contributed by atoms with E-state index in [4.69, 9.17) is 0 Å². The van der Waals surface area contributed by atoms with Crippen LogP contribution < -0.4 is 5.30 Å².